The van der Waals surface area contributed by atoms with Gasteiger partial charge in [0.15, 0.2) is 0 Å². The zero-order valence-electron chi connectivity index (χ0n) is 10.9. The van der Waals surface area contributed by atoms with E-state index in [4.69, 9.17) is 5.11 Å². The number of aliphatic hydroxyl groups excluding tert-OH is 1. The van der Waals surface area contributed by atoms with Crippen molar-refractivity contribution in [1.82, 2.24) is 24.5 Å². The lowest BCUT2D eigenvalue weighted by Crippen LogP contribution is -2.23. The van der Waals surface area contributed by atoms with Crippen molar-refractivity contribution in [2.45, 2.75) is 24.9 Å². The Morgan fingerprint density at radius 3 is 2.95 bits per heavy atom. The Kier molecular flexibility index (Phi) is 4.42. The highest BCUT2D eigenvalue weighted by Crippen LogP contribution is 2.07. The molecule has 0 radical (unpaired) electrons. The van der Waals surface area contributed by atoms with Gasteiger partial charge in [0.1, 0.15) is 10.7 Å². The van der Waals surface area contributed by atoms with Crippen molar-refractivity contribution in [3.8, 4) is 0 Å². The first-order valence-electron chi connectivity index (χ1n) is 5.93. The van der Waals surface area contributed by atoms with Crippen LogP contribution in [0.5, 0.6) is 0 Å². The molecule has 2 N–H and O–H groups in total. The molecule has 0 aliphatic carbocycles. The van der Waals surface area contributed by atoms with Gasteiger partial charge in [0.05, 0.1) is 31.6 Å². The Hall–Kier alpha value is -1.84. The van der Waals surface area contributed by atoms with Gasteiger partial charge in [-0.25, -0.2) is 23.1 Å². The minimum atomic E-state index is -3.64. The Balaban J connectivity index is 2.06. The first-order chi connectivity index (χ1) is 9.51. The lowest BCUT2D eigenvalue weighted by molar-refractivity contribution is 0.269. The molecule has 0 bridgehead atoms. The summed E-state index contributed by atoms with van der Waals surface area (Å²) in [5, 5.41) is 12.6. The van der Waals surface area contributed by atoms with Gasteiger partial charge in [0.2, 0.25) is 10.0 Å². The second-order valence-electron chi connectivity index (χ2n) is 4.08. The molecule has 8 nitrogen and oxygen atoms in total. The molecule has 2 aromatic rings. The zero-order chi connectivity index (χ0) is 14.6. The maximum absolute atomic E-state index is 12.0. The van der Waals surface area contributed by atoms with Gasteiger partial charge < -0.3 is 5.11 Å². The normalized spacial score (nSPS) is 11.7. The highest BCUT2D eigenvalue weighted by Gasteiger charge is 2.16. The molecular weight excluding hydrogens is 282 g/mol. The van der Waals surface area contributed by atoms with E-state index >= 15 is 0 Å². The number of rotatable bonds is 6. The lowest BCUT2D eigenvalue weighted by atomic mass is 10.4. The van der Waals surface area contributed by atoms with E-state index in [0.717, 1.165) is 0 Å². The van der Waals surface area contributed by atoms with Crippen LogP contribution in [0, 0.1) is 6.92 Å². The molecule has 0 unspecified atom stereocenters. The summed E-state index contributed by atoms with van der Waals surface area (Å²) in [6, 6.07) is 1.64. The fourth-order valence-electron chi connectivity index (χ4n) is 1.56. The van der Waals surface area contributed by atoms with Crippen LogP contribution in [-0.2, 0) is 23.1 Å². The number of nitrogens with zero attached hydrogens (tertiary/aromatic N) is 4. The SMILES string of the molecule is Cc1nccc(CNS(=O)(=O)c2cnn(CCO)c2)n1. The third kappa shape index (κ3) is 3.59. The number of aliphatic hydroxyl groups is 1. The molecule has 2 rings (SSSR count). The molecular formula is C11H15N5O3S. The van der Waals surface area contributed by atoms with Crippen LogP contribution >= 0.6 is 0 Å². The van der Waals surface area contributed by atoms with Crippen LogP contribution in [0.25, 0.3) is 0 Å². The van der Waals surface area contributed by atoms with Gasteiger partial charge in [-0.15, -0.1) is 0 Å². The minimum Gasteiger partial charge on any atom is -0.394 e. The lowest BCUT2D eigenvalue weighted by Gasteiger charge is -2.04. The fourth-order valence-corrected chi connectivity index (χ4v) is 2.51. The molecule has 2 aromatic heterocycles. The van der Waals surface area contributed by atoms with Crippen LogP contribution in [0.15, 0.2) is 29.6 Å². The van der Waals surface area contributed by atoms with Crippen LogP contribution in [0.4, 0.5) is 0 Å². The van der Waals surface area contributed by atoms with Crippen molar-refractivity contribution in [2.24, 2.45) is 0 Å². The topological polar surface area (TPSA) is 110 Å². The quantitative estimate of drug-likeness (QED) is 0.740. The summed E-state index contributed by atoms with van der Waals surface area (Å²) in [4.78, 5) is 8.11. The predicted octanol–water partition coefficient (Wildman–Crippen LogP) is -0.548. The number of nitrogens with one attached hydrogen (secondary N) is 1. The molecule has 0 aromatic carbocycles. The molecule has 20 heavy (non-hydrogen) atoms. The molecule has 0 spiro atoms. The van der Waals surface area contributed by atoms with Gasteiger partial charge in [-0.2, -0.15) is 5.10 Å². The molecule has 0 atom stereocenters. The fraction of sp³-hybridized carbons (Fsp3) is 0.364. The summed E-state index contributed by atoms with van der Waals surface area (Å²) < 4.78 is 27.9. The van der Waals surface area contributed by atoms with Gasteiger partial charge in [0.25, 0.3) is 0 Å². The highest BCUT2D eigenvalue weighted by molar-refractivity contribution is 7.89. The molecule has 0 fully saturated rings. The Labute approximate surface area is 116 Å². The van der Waals surface area contributed by atoms with Gasteiger partial charge in [-0.3, -0.25) is 4.68 Å². The van der Waals surface area contributed by atoms with Crippen molar-refractivity contribution in [2.75, 3.05) is 6.61 Å². The molecule has 0 saturated heterocycles. The monoisotopic (exact) mass is 297 g/mol. The average molecular weight is 297 g/mol. The van der Waals surface area contributed by atoms with E-state index in [1.165, 1.54) is 17.1 Å². The van der Waals surface area contributed by atoms with E-state index in [9.17, 15) is 8.42 Å². The van der Waals surface area contributed by atoms with Crippen molar-refractivity contribution in [3.05, 3.63) is 36.2 Å². The summed E-state index contributed by atoms with van der Waals surface area (Å²) in [5.74, 6) is 0.581. The van der Waals surface area contributed by atoms with E-state index in [-0.39, 0.29) is 24.6 Å². The van der Waals surface area contributed by atoms with Gasteiger partial charge in [-0.1, -0.05) is 0 Å². The van der Waals surface area contributed by atoms with E-state index in [0.29, 0.717) is 11.5 Å². The van der Waals surface area contributed by atoms with Crippen molar-refractivity contribution in [1.29, 1.82) is 0 Å². The van der Waals surface area contributed by atoms with E-state index in [1.807, 2.05) is 0 Å². The zero-order valence-corrected chi connectivity index (χ0v) is 11.7. The molecule has 2 heterocycles. The summed E-state index contributed by atoms with van der Waals surface area (Å²) >= 11 is 0. The van der Waals surface area contributed by atoms with Gasteiger partial charge >= 0.3 is 0 Å². The van der Waals surface area contributed by atoms with Crippen LogP contribution in [-0.4, -0.2) is 39.9 Å². The van der Waals surface area contributed by atoms with E-state index in [2.05, 4.69) is 19.8 Å². The third-order valence-electron chi connectivity index (χ3n) is 2.53. The standard InChI is InChI=1S/C11H15N5O3S/c1-9-12-3-2-10(15-9)6-14-20(18,19)11-7-13-16(8-11)4-5-17/h2-3,7-8,14,17H,4-6H2,1H3. The average Bonchev–Trinajstić information content (AvgIpc) is 2.87. The van der Waals surface area contributed by atoms with Gasteiger partial charge in [0, 0.05) is 12.4 Å². The maximum Gasteiger partial charge on any atom is 0.244 e. The van der Waals surface area contributed by atoms with Crippen LogP contribution in [0.1, 0.15) is 11.5 Å². The van der Waals surface area contributed by atoms with Crippen molar-refractivity contribution >= 4 is 10.0 Å². The summed E-state index contributed by atoms with van der Waals surface area (Å²) in [7, 11) is -3.64. The highest BCUT2D eigenvalue weighted by atomic mass is 32.2. The number of hydrogen-bond donors (Lipinski definition) is 2. The predicted molar refractivity (Wildman–Crippen MR) is 70.1 cm³/mol. The van der Waals surface area contributed by atoms with E-state index < -0.39 is 10.0 Å². The minimum absolute atomic E-state index is 0.0525. The smallest absolute Gasteiger partial charge is 0.244 e. The Morgan fingerprint density at radius 1 is 1.45 bits per heavy atom. The van der Waals surface area contributed by atoms with Crippen molar-refractivity contribution < 1.29 is 13.5 Å². The summed E-state index contributed by atoms with van der Waals surface area (Å²) in [5.41, 5.74) is 0.587. The second-order valence-corrected chi connectivity index (χ2v) is 5.85. The van der Waals surface area contributed by atoms with Crippen LogP contribution in [0.2, 0.25) is 0 Å². The number of aromatic nitrogens is 4. The Bertz CT molecular complexity index is 683. The molecule has 0 saturated carbocycles. The molecule has 0 amide bonds. The van der Waals surface area contributed by atoms with Crippen molar-refractivity contribution in [3.63, 3.8) is 0 Å². The summed E-state index contributed by atoms with van der Waals surface area (Å²) in [6.07, 6.45) is 4.18. The summed E-state index contributed by atoms with van der Waals surface area (Å²) in [6.45, 7) is 1.96. The van der Waals surface area contributed by atoms with E-state index in [1.54, 1.807) is 19.2 Å². The first kappa shape index (κ1) is 14.6. The Morgan fingerprint density at radius 2 is 2.25 bits per heavy atom. The number of hydrogen-bond acceptors (Lipinski definition) is 6. The second kappa shape index (κ2) is 6.07. The van der Waals surface area contributed by atoms with Crippen LogP contribution in [0.3, 0.4) is 0 Å². The molecule has 0 aliphatic rings. The molecule has 108 valence electrons. The molecule has 9 heteroatoms. The third-order valence-corrected chi connectivity index (χ3v) is 3.88. The largest absolute Gasteiger partial charge is 0.394 e. The number of sulfonamides is 1. The van der Waals surface area contributed by atoms with Gasteiger partial charge in [-0.05, 0) is 13.0 Å². The van der Waals surface area contributed by atoms with Crippen LogP contribution < -0.4 is 4.72 Å². The molecule has 0 aliphatic heterocycles. The first-order valence-corrected chi connectivity index (χ1v) is 7.41. The number of aryl methyl sites for hydroxylation is 1. The maximum atomic E-state index is 12.0.